The van der Waals surface area contributed by atoms with Crippen LogP contribution in [-0.2, 0) is 16.0 Å². The summed E-state index contributed by atoms with van der Waals surface area (Å²) in [5.74, 6) is -0.112. The van der Waals surface area contributed by atoms with E-state index in [1.807, 2.05) is 32.0 Å². The summed E-state index contributed by atoms with van der Waals surface area (Å²) < 4.78 is 5.25. The molecule has 1 atom stereocenters. The average molecular weight is 204 g/mol. The number of carbonyl (C=O) groups is 1. The summed E-state index contributed by atoms with van der Waals surface area (Å²) >= 11 is 0. The number of hydrogen-bond donors (Lipinski definition) is 0. The number of benzene rings is 1. The van der Waals surface area contributed by atoms with Gasteiger partial charge in [-0.3, -0.25) is 4.79 Å². The first kappa shape index (κ1) is 10.2. The molecular formula is C13H16O2. The van der Waals surface area contributed by atoms with Crippen molar-refractivity contribution in [3.8, 4) is 0 Å². The highest BCUT2D eigenvalue weighted by molar-refractivity contribution is 5.79. The Hall–Kier alpha value is -1.31. The molecule has 0 heterocycles. The highest BCUT2D eigenvalue weighted by atomic mass is 16.5. The molecule has 0 fully saturated rings. The second-order valence-electron chi connectivity index (χ2n) is 4.28. The molecule has 0 N–H and O–H groups in total. The van der Waals surface area contributed by atoms with Crippen molar-refractivity contribution < 1.29 is 9.53 Å². The van der Waals surface area contributed by atoms with Gasteiger partial charge in [0.05, 0.1) is 12.0 Å². The molecule has 0 bridgehead atoms. The number of fused-ring (bicyclic) bond motifs is 1. The second kappa shape index (κ2) is 4.05. The molecule has 2 heteroatoms. The van der Waals surface area contributed by atoms with Crippen LogP contribution < -0.4 is 0 Å². The third kappa shape index (κ3) is 2.04. The summed E-state index contributed by atoms with van der Waals surface area (Å²) in [5.41, 5.74) is 2.45. The molecule has 0 aliphatic heterocycles. The van der Waals surface area contributed by atoms with Gasteiger partial charge in [-0.15, -0.1) is 0 Å². The molecule has 0 spiro atoms. The standard InChI is InChI=1S/C13H16O2/c1-9(2)15-13(14)12-8-7-10-5-3-4-6-11(10)12/h3-6,9,12H,7-8H2,1-2H3. The third-order valence-corrected chi connectivity index (χ3v) is 2.77. The SMILES string of the molecule is CC(C)OC(=O)C1CCc2ccccc21. The minimum Gasteiger partial charge on any atom is -0.463 e. The molecule has 0 saturated heterocycles. The first-order valence-electron chi connectivity index (χ1n) is 5.47. The van der Waals surface area contributed by atoms with E-state index in [0.29, 0.717) is 0 Å². The molecule has 1 aliphatic rings. The Morgan fingerprint density at radius 3 is 2.87 bits per heavy atom. The van der Waals surface area contributed by atoms with E-state index in [9.17, 15) is 4.79 Å². The highest BCUT2D eigenvalue weighted by Crippen LogP contribution is 2.33. The lowest BCUT2D eigenvalue weighted by Crippen LogP contribution is -2.17. The van der Waals surface area contributed by atoms with Gasteiger partial charge in [0, 0.05) is 0 Å². The van der Waals surface area contributed by atoms with Crippen LogP contribution in [0.15, 0.2) is 24.3 Å². The summed E-state index contributed by atoms with van der Waals surface area (Å²) in [6.07, 6.45) is 1.86. The Bertz CT molecular complexity index is 369. The van der Waals surface area contributed by atoms with E-state index in [2.05, 4.69) is 6.07 Å². The predicted molar refractivity (Wildman–Crippen MR) is 58.7 cm³/mol. The highest BCUT2D eigenvalue weighted by Gasteiger charge is 2.29. The third-order valence-electron chi connectivity index (χ3n) is 2.77. The summed E-state index contributed by atoms with van der Waals surface area (Å²) in [7, 11) is 0. The molecule has 0 radical (unpaired) electrons. The van der Waals surface area contributed by atoms with Gasteiger partial charge in [0.15, 0.2) is 0 Å². The lowest BCUT2D eigenvalue weighted by Gasteiger charge is -2.13. The fourth-order valence-electron chi connectivity index (χ4n) is 2.12. The van der Waals surface area contributed by atoms with Gasteiger partial charge in [0.2, 0.25) is 0 Å². The first-order chi connectivity index (χ1) is 7.18. The van der Waals surface area contributed by atoms with Gasteiger partial charge in [-0.2, -0.15) is 0 Å². The van der Waals surface area contributed by atoms with Crippen LogP contribution in [0.25, 0.3) is 0 Å². The van der Waals surface area contributed by atoms with Crippen LogP contribution in [-0.4, -0.2) is 12.1 Å². The molecule has 0 aromatic heterocycles. The maximum Gasteiger partial charge on any atom is 0.313 e. The molecule has 1 aromatic rings. The lowest BCUT2D eigenvalue weighted by molar-refractivity contribution is -0.149. The molecule has 1 aliphatic carbocycles. The number of carbonyl (C=O) groups excluding carboxylic acids is 1. The van der Waals surface area contributed by atoms with Crippen molar-refractivity contribution in [1.82, 2.24) is 0 Å². The number of aryl methyl sites for hydroxylation is 1. The van der Waals surface area contributed by atoms with Gasteiger partial charge in [-0.1, -0.05) is 24.3 Å². The molecule has 1 aromatic carbocycles. The van der Waals surface area contributed by atoms with Gasteiger partial charge >= 0.3 is 5.97 Å². The normalized spacial score (nSPS) is 19.0. The van der Waals surface area contributed by atoms with E-state index in [-0.39, 0.29) is 18.0 Å². The quantitative estimate of drug-likeness (QED) is 0.692. The van der Waals surface area contributed by atoms with Gasteiger partial charge < -0.3 is 4.74 Å². The van der Waals surface area contributed by atoms with Crippen LogP contribution in [0.5, 0.6) is 0 Å². The number of hydrogen-bond acceptors (Lipinski definition) is 2. The maximum atomic E-state index is 11.8. The Balaban J connectivity index is 2.17. The Kier molecular flexibility index (Phi) is 2.76. The Labute approximate surface area is 90.3 Å². The fraction of sp³-hybridized carbons (Fsp3) is 0.462. The summed E-state index contributed by atoms with van der Waals surface area (Å²) in [4.78, 5) is 11.8. The van der Waals surface area contributed by atoms with Crippen LogP contribution in [0, 0.1) is 0 Å². The largest absolute Gasteiger partial charge is 0.463 e. The Morgan fingerprint density at radius 2 is 2.13 bits per heavy atom. The van der Waals surface area contributed by atoms with E-state index in [1.165, 1.54) is 5.56 Å². The summed E-state index contributed by atoms with van der Waals surface area (Å²) in [5, 5.41) is 0. The van der Waals surface area contributed by atoms with Gasteiger partial charge in [0.25, 0.3) is 0 Å². The summed E-state index contributed by atoms with van der Waals surface area (Å²) in [6.45, 7) is 3.78. The lowest BCUT2D eigenvalue weighted by atomic mass is 10.0. The van der Waals surface area contributed by atoms with Gasteiger partial charge in [-0.25, -0.2) is 0 Å². The van der Waals surface area contributed by atoms with E-state index >= 15 is 0 Å². The predicted octanol–water partition coefficient (Wildman–Crippen LogP) is 2.67. The van der Waals surface area contributed by atoms with Crippen molar-refractivity contribution in [2.24, 2.45) is 0 Å². The van der Waals surface area contributed by atoms with Crippen LogP contribution in [0.1, 0.15) is 37.3 Å². The summed E-state index contributed by atoms with van der Waals surface area (Å²) in [6, 6.07) is 8.14. The van der Waals surface area contributed by atoms with Crippen LogP contribution >= 0.6 is 0 Å². The average Bonchev–Trinajstić information content (AvgIpc) is 2.59. The van der Waals surface area contributed by atoms with Crippen LogP contribution in [0.3, 0.4) is 0 Å². The second-order valence-corrected chi connectivity index (χ2v) is 4.28. The molecule has 0 amide bonds. The van der Waals surface area contributed by atoms with E-state index in [1.54, 1.807) is 0 Å². The molecule has 15 heavy (non-hydrogen) atoms. The molecule has 0 saturated carbocycles. The topological polar surface area (TPSA) is 26.3 Å². The van der Waals surface area contributed by atoms with Crippen molar-refractivity contribution in [2.75, 3.05) is 0 Å². The number of ether oxygens (including phenoxy) is 1. The zero-order valence-corrected chi connectivity index (χ0v) is 9.19. The van der Waals surface area contributed by atoms with Crippen molar-refractivity contribution in [3.05, 3.63) is 35.4 Å². The zero-order chi connectivity index (χ0) is 10.8. The van der Waals surface area contributed by atoms with Crippen LogP contribution in [0.4, 0.5) is 0 Å². The number of rotatable bonds is 2. The van der Waals surface area contributed by atoms with Gasteiger partial charge in [0.1, 0.15) is 0 Å². The van der Waals surface area contributed by atoms with E-state index in [0.717, 1.165) is 18.4 Å². The van der Waals surface area contributed by atoms with Crippen LogP contribution in [0.2, 0.25) is 0 Å². The number of esters is 1. The van der Waals surface area contributed by atoms with Crippen molar-refractivity contribution in [3.63, 3.8) is 0 Å². The molecular weight excluding hydrogens is 188 g/mol. The van der Waals surface area contributed by atoms with Crippen molar-refractivity contribution in [1.29, 1.82) is 0 Å². The molecule has 2 rings (SSSR count). The molecule has 2 nitrogen and oxygen atoms in total. The minimum absolute atomic E-state index is 0.0229. The monoisotopic (exact) mass is 204 g/mol. The molecule has 80 valence electrons. The minimum atomic E-state index is -0.0741. The fourth-order valence-corrected chi connectivity index (χ4v) is 2.12. The zero-order valence-electron chi connectivity index (χ0n) is 9.19. The first-order valence-corrected chi connectivity index (χ1v) is 5.47. The van der Waals surface area contributed by atoms with E-state index in [4.69, 9.17) is 4.74 Å². The van der Waals surface area contributed by atoms with Crippen molar-refractivity contribution in [2.45, 2.75) is 38.7 Å². The van der Waals surface area contributed by atoms with E-state index < -0.39 is 0 Å². The van der Waals surface area contributed by atoms with Crippen molar-refractivity contribution >= 4 is 5.97 Å². The maximum absolute atomic E-state index is 11.8. The Morgan fingerprint density at radius 1 is 1.40 bits per heavy atom. The van der Waals surface area contributed by atoms with Gasteiger partial charge in [-0.05, 0) is 37.8 Å². The smallest absolute Gasteiger partial charge is 0.313 e. The molecule has 1 unspecified atom stereocenters.